The number of anilines is 1. The number of fused-ring (bicyclic) bond motifs is 1. The highest BCUT2D eigenvalue weighted by molar-refractivity contribution is 8.02. The third-order valence-electron chi connectivity index (χ3n) is 9.58. The second-order valence-electron chi connectivity index (χ2n) is 12.4. The van der Waals surface area contributed by atoms with Crippen molar-refractivity contribution in [1.82, 2.24) is 9.80 Å². The van der Waals surface area contributed by atoms with Crippen molar-refractivity contribution in [2.24, 2.45) is 11.8 Å². The molecule has 4 rings (SSSR count). The molecule has 3 aliphatic heterocycles. The Kier molecular flexibility index (Phi) is 10.6. The van der Waals surface area contributed by atoms with Crippen LogP contribution >= 0.6 is 11.8 Å². The number of likely N-dealkylation sites (tertiary alicyclic amines) is 1. The average molecular weight is 596 g/mol. The number of nitrogens with zero attached hydrogens (tertiary/aromatic N) is 3. The summed E-state index contributed by atoms with van der Waals surface area (Å²) in [5, 5.41) is 9.22. The second kappa shape index (κ2) is 13.8. The number of carbonyl (C=O) groups is 3. The lowest BCUT2D eigenvalue weighted by Gasteiger charge is -2.39. The van der Waals surface area contributed by atoms with Crippen LogP contribution in [0.2, 0.25) is 0 Å². The van der Waals surface area contributed by atoms with E-state index in [-0.39, 0.29) is 30.4 Å². The van der Waals surface area contributed by atoms with Gasteiger partial charge in [-0.05, 0) is 58.1 Å². The maximum atomic E-state index is 14.6. The topological polar surface area (TPSA) is 81.2 Å². The molecule has 2 bridgehead atoms. The van der Waals surface area contributed by atoms with Gasteiger partial charge in [-0.1, -0.05) is 56.5 Å². The van der Waals surface area contributed by atoms with Gasteiger partial charge >= 0.3 is 0 Å². The summed E-state index contributed by atoms with van der Waals surface area (Å²) >= 11 is 1.73. The fraction of sp³-hybridized carbons (Fsp3) is 0.618. The van der Waals surface area contributed by atoms with Gasteiger partial charge < -0.3 is 19.8 Å². The minimum absolute atomic E-state index is 0.0158. The van der Waals surface area contributed by atoms with E-state index < -0.39 is 27.4 Å². The zero-order chi connectivity index (χ0) is 30.5. The van der Waals surface area contributed by atoms with Gasteiger partial charge in [0.05, 0.1) is 16.6 Å². The zero-order valence-corrected chi connectivity index (χ0v) is 26.5. The lowest BCUT2D eigenvalue weighted by atomic mass is 9.66. The molecule has 1 N–H and O–H groups in total. The van der Waals surface area contributed by atoms with Crippen molar-refractivity contribution < 1.29 is 19.5 Å². The van der Waals surface area contributed by atoms with E-state index in [0.717, 1.165) is 57.1 Å². The first-order valence-corrected chi connectivity index (χ1v) is 16.5. The first kappa shape index (κ1) is 32.3. The number of amides is 3. The molecule has 1 aromatic rings. The van der Waals surface area contributed by atoms with Crippen LogP contribution in [-0.2, 0) is 14.4 Å². The Morgan fingerprint density at radius 2 is 1.79 bits per heavy atom. The molecule has 0 aromatic heterocycles. The number of hydrogen-bond acceptors (Lipinski definition) is 5. The molecule has 0 aliphatic carbocycles. The fourth-order valence-electron chi connectivity index (χ4n) is 7.65. The predicted molar refractivity (Wildman–Crippen MR) is 171 cm³/mol. The summed E-state index contributed by atoms with van der Waals surface area (Å²) in [4.78, 5) is 49.2. The number of unbranched alkanes of at least 4 members (excludes halogenated alkanes) is 3. The molecule has 42 heavy (non-hydrogen) atoms. The van der Waals surface area contributed by atoms with Crippen LogP contribution in [0.4, 0.5) is 5.69 Å². The summed E-state index contributed by atoms with van der Waals surface area (Å²) in [5.41, 5.74) is 0.789. The number of rotatable bonds is 16. The van der Waals surface area contributed by atoms with Crippen LogP contribution in [0.25, 0.3) is 0 Å². The van der Waals surface area contributed by atoms with Crippen molar-refractivity contribution in [3.05, 3.63) is 55.6 Å². The first-order valence-electron chi connectivity index (χ1n) is 15.7. The number of thioether (sulfide) groups is 1. The van der Waals surface area contributed by atoms with Crippen molar-refractivity contribution in [3.63, 3.8) is 0 Å². The van der Waals surface area contributed by atoms with E-state index in [1.54, 1.807) is 28.8 Å². The lowest BCUT2D eigenvalue weighted by molar-refractivity contribution is -0.144. The Labute approximate surface area is 256 Å². The number of hydrogen-bond donors (Lipinski definition) is 1. The van der Waals surface area contributed by atoms with Gasteiger partial charge in [-0.2, -0.15) is 0 Å². The molecule has 6 atom stereocenters. The number of carbonyl (C=O) groups excluding carboxylic acids is 3. The Hall–Kier alpha value is -2.58. The quantitative estimate of drug-likeness (QED) is 0.203. The monoisotopic (exact) mass is 595 g/mol. The van der Waals surface area contributed by atoms with Crippen molar-refractivity contribution in [1.29, 1.82) is 0 Å². The highest BCUT2D eigenvalue weighted by Gasteiger charge is 2.77. The molecule has 7 nitrogen and oxygen atoms in total. The molecule has 3 unspecified atom stereocenters. The standard InChI is InChI=1S/C34H49N3O4S/c1-6-16-25(4)35(21-7-2)32(41)29-34-20-19-33(5,42-34)27(28(34)31(40)37(29)23-14-9-10-15-24-38)30(39)36(22-8-3)26-17-12-11-13-18-26/h7-8,11-13,17-18,25,27-29,38H,2-3,6,9-10,14-16,19-24H2,1,4-5H3/t25?,27-,28-,29?,33+,34?/m0/s1. The smallest absolute Gasteiger partial charge is 0.247 e. The Balaban J connectivity index is 1.74. The molecule has 1 aromatic carbocycles. The van der Waals surface area contributed by atoms with Crippen LogP contribution in [0.15, 0.2) is 55.6 Å². The normalized spacial score (nSPS) is 28.4. The maximum absolute atomic E-state index is 14.6. The van der Waals surface area contributed by atoms with Crippen LogP contribution in [-0.4, -0.2) is 80.4 Å². The van der Waals surface area contributed by atoms with E-state index in [1.807, 2.05) is 40.1 Å². The van der Waals surface area contributed by atoms with Crippen LogP contribution in [0, 0.1) is 11.8 Å². The summed E-state index contributed by atoms with van der Waals surface area (Å²) in [6.07, 6.45) is 10.1. The number of aliphatic hydroxyl groups excluding tert-OH is 1. The van der Waals surface area contributed by atoms with Gasteiger partial charge in [0.2, 0.25) is 17.7 Å². The first-order chi connectivity index (χ1) is 20.2. The maximum Gasteiger partial charge on any atom is 0.247 e. The summed E-state index contributed by atoms with van der Waals surface area (Å²) in [5.74, 6) is -1.21. The Morgan fingerprint density at radius 3 is 2.43 bits per heavy atom. The third-order valence-corrected chi connectivity index (χ3v) is 11.6. The molecular formula is C34H49N3O4S. The molecule has 8 heteroatoms. The van der Waals surface area contributed by atoms with Gasteiger partial charge in [0.15, 0.2) is 0 Å². The highest BCUT2D eigenvalue weighted by Crippen LogP contribution is 2.71. The molecule has 3 heterocycles. The largest absolute Gasteiger partial charge is 0.396 e. The van der Waals surface area contributed by atoms with E-state index >= 15 is 0 Å². The molecule has 230 valence electrons. The predicted octanol–water partition coefficient (Wildman–Crippen LogP) is 5.44. The van der Waals surface area contributed by atoms with Crippen molar-refractivity contribution >= 4 is 35.2 Å². The van der Waals surface area contributed by atoms with E-state index in [9.17, 15) is 19.5 Å². The molecule has 0 radical (unpaired) electrons. The highest BCUT2D eigenvalue weighted by atomic mass is 32.2. The number of benzene rings is 1. The molecule has 3 amide bonds. The molecule has 3 aliphatic rings. The van der Waals surface area contributed by atoms with Crippen LogP contribution < -0.4 is 4.90 Å². The Bertz CT molecular complexity index is 1140. The minimum atomic E-state index is -0.643. The van der Waals surface area contributed by atoms with Gasteiger partial charge in [-0.25, -0.2) is 0 Å². The summed E-state index contributed by atoms with van der Waals surface area (Å²) < 4.78 is -1.08. The van der Waals surface area contributed by atoms with Crippen molar-refractivity contribution in [2.75, 3.05) is 31.1 Å². The molecular weight excluding hydrogens is 546 g/mol. The molecule has 1 spiro atoms. The van der Waals surface area contributed by atoms with E-state index in [2.05, 4.69) is 33.9 Å². The average Bonchev–Trinajstić information content (AvgIpc) is 3.55. The fourth-order valence-corrected chi connectivity index (χ4v) is 10.00. The van der Waals surface area contributed by atoms with Crippen molar-refractivity contribution in [2.45, 2.75) is 93.7 Å². The second-order valence-corrected chi connectivity index (χ2v) is 14.3. The molecule has 3 fully saturated rings. The van der Waals surface area contributed by atoms with E-state index in [1.165, 1.54) is 0 Å². The van der Waals surface area contributed by atoms with Crippen LogP contribution in [0.5, 0.6) is 0 Å². The van der Waals surface area contributed by atoms with Crippen molar-refractivity contribution in [3.8, 4) is 0 Å². The summed E-state index contributed by atoms with van der Waals surface area (Å²) in [6.45, 7) is 15.6. The summed E-state index contributed by atoms with van der Waals surface area (Å²) in [7, 11) is 0. The Morgan fingerprint density at radius 1 is 1.10 bits per heavy atom. The zero-order valence-electron chi connectivity index (χ0n) is 25.7. The minimum Gasteiger partial charge on any atom is -0.396 e. The van der Waals surface area contributed by atoms with Crippen LogP contribution in [0.1, 0.15) is 72.1 Å². The number of aliphatic hydroxyl groups is 1. The van der Waals surface area contributed by atoms with Gasteiger partial charge in [0, 0.05) is 42.7 Å². The van der Waals surface area contributed by atoms with Gasteiger partial charge in [-0.3, -0.25) is 14.4 Å². The lowest BCUT2D eigenvalue weighted by Crippen LogP contribution is -2.56. The van der Waals surface area contributed by atoms with Gasteiger partial charge in [0.25, 0.3) is 0 Å². The van der Waals surface area contributed by atoms with E-state index in [0.29, 0.717) is 19.6 Å². The molecule has 0 saturated carbocycles. The van der Waals surface area contributed by atoms with Crippen LogP contribution in [0.3, 0.4) is 0 Å². The summed E-state index contributed by atoms with van der Waals surface area (Å²) in [6, 6.07) is 9.01. The van der Waals surface area contributed by atoms with Gasteiger partial charge in [-0.15, -0.1) is 24.9 Å². The SMILES string of the molecule is C=CCN(C(=O)[C@@H]1[C@H]2C(=O)N(CCCCCCO)C(C(=O)N(CC=C)C(C)CCC)C23CC[C@@]1(C)S3)c1ccccc1. The molecule has 3 saturated heterocycles. The van der Waals surface area contributed by atoms with Gasteiger partial charge in [0.1, 0.15) is 6.04 Å². The number of para-hydroxylation sites is 1. The van der Waals surface area contributed by atoms with E-state index in [4.69, 9.17) is 0 Å². The third kappa shape index (κ3) is 5.81.